The van der Waals surface area contributed by atoms with Crippen molar-refractivity contribution in [3.63, 3.8) is 0 Å². The molecule has 0 spiro atoms. The van der Waals surface area contributed by atoms with E-state index in [9.17, 15) is 9.18 Å². The van der Waals surface area contributed by atoms with Gasteiger partial charge in [-0.25, -0.2) is 9.18 Å². The van der Waals surface area contributed by atoms with Gasteiger partial charge >= 0.3 is 5.97 Å². The first-order valence-electron chi connectivity index (χ1n) is 4.81. The van der Waals surface area contributed by atoms with E-state index < -0.39 is 17.9 Å². The van der Waals surface area contributed by atoms with Crippen molar-refractivity contribution in [2.75, 3.05) is 7.11 Å². The molecule has 1 unspecified atom stereocenters. The topological polar surface area (TPSA) is 61.5 Å². The number of methoxy groups -OCH3 is 1. The molecule has 4 nitrogen and oxygen atoms in total. The molecule has 0 saturated heterocycles. The van der Waals surface area contributed by atoms with Crippen molar-refractivity contribution >= 4 is 5.97 Å². The molecular weight excluding hydrogens is 213 g/mol. The third-order valence-corrected chi connectivity index (χ3v) is 2.09. The number of ether oxygens (including phenoxy) is 2. The molecule has 5 heteroatoms. The molecule has 0 fully saturated rings. The van der Waals surface area contributed by atoms with E-state index in [1.54, 1.807) is 6.07 Å². The van der Waals surface area contributed by atoms with Gasteiger partial charge in [-0.15, -0.1) is 0 Å². The Kier molecular flexibility index (Phi) is 4.25. The number of carbonyl (C=O) groups excluding carboxylic acids is 1. The number of carbonyl (C=O) groups is 1. The van der Waals surface area contributed by atoms with E-state index in [-0.39, 0.29) is 12.3 Å². The van der Waals surface area contributed by atoms with Crippen LogP contribution in [-0.2, 0) is 16.1 Å². The zero-order valence-electron chi connectivity index (χ0n) is 9.20. The lowest BCUT2D eigenvalue weighted by atomic mass is 10.2. The van der Waals surface area contributed by atoms with Crippen LogP contribution in [-0.4, -0.2) is 19.2 Å². The van der Waals surface area contributed by atoms with Crippen molar-refractivity contribution in [2.45, 2.75) is 19.6 Å². The molecule has 0 aliphatic carbocycles. The molecule has 1 aromatic carbocycles. The van der Waals surface area contributed by atoms with Crippen LogP contribution in [0.1, 0.15) is 12.5 Å². The predicted molar refractivity (Wildman–Crippen MR) is 56.4 cm³/mol. The molecule has 0 amide bonds. The van der Waals surface area contributed by atoms with E-state index in [1.165, 1.54) is 26.2 Å². The number of rotatable bonds is 4. The molecule has 1 atom stereocenters. The van der Waals surface area contributed by atoms with Gasteiger partial charge in [-0.1, -0.05) is 6.07 Å². The lowest BCUT2D eigenvalue weighted by Crippen LogP contribution is -2.24. The van der Waals surface area contributed by atoms with Crippen LogP contribution in [0, 0.1) is 5.82 Å². The molecule has 16 heavy (non-hydrogen) atoms. The van der Waals surface area contributed by atoms with Crippen LogP contribution in [0.25, 0.3) is 0 Å². The Morgan fingerprint density at radius 1 is 1.56 bits per heavy atom. The standard InChI is InChI=1S/C11H14FNO3/c1-7(11(14)15-2)16-9-4-3-8(6-13)10(12)5-9/h3-5,7H,6,13H2,1-2H3. The second kappa shape index (κ2) is 5.46. The number of hydrogen-bond acceptors (Lipinski definition) is 4. The first-order chi connectivity index (χ1) is 7.58. The van der Waals surface area contributed by atoms with Crippen molar-refractivity contribution in [3.8, 4) is 5.75 Å². The molecular formula is C11H14FNO3. The molecule has 88 valence electrons. The highest BCUT2D eigenvalue weighted by molar-refractivity contribution is 5.74. The molecule has 0 aromatic heterocycles. The maximum absolute atomic E-state index is 13.3. The van der Waals surface area contributed by atoms with Crippen molar-refractivity contribution in [2.24, 2.45) is 5.73 Å². The third kappa shape index (κ3) is 2.93. The Bertz CT molecular complexity index is 381. The summed E-state index contributed by atoms with van der Waals surface area (Å²) in [5.74, 6) is -0.687. The van der Waals surface area contributed by atoms with E-state index in [0.717, 1.165) is 0 Å². The summed E-state index contributed by atoms with van der Waals surface area (Å²) in [6, 6.07) is 4.28. The Balaban J connectivity index is 2.75. The number of hydrogen-bond donors (Lipinski definition) is 1. The average molecular weight is 227 g/mol. The average Bonchev–Trinajstić information content (AvgIpc) is 2.28. The van der Waals surface area contributed by atoms with Crippen LogP contribution in [0.3, 0.4) is 0 Å². The molecule has 0 saturated carbocycles. The van der Waals surface area contributed by atoms with Crippen LogP contribution in [0.4, 0.5) is 4.39 Å². The lowest BCUT2D eigenvalue weighted by Gasteiger charge is -2.12. The second-order valence-electron chi connectivity index (χ2n) is 3.24. The van der Waals surface area contributed by atoms with Gasteiger partial charge in [0.25, 0.3) is 0 Å². The third-order valence-electron chi connectivity index (χ3n) is 2.09. The smallest absolute Gasteiger partial charge is 0.346 e. The maximum Gasteiger partial charge on any atom is 0.346 e. The van der Waals surface area contributed by atoms with Crippen LogP contribution < -0.4 is 10.5 Å². The SMILES string of the molecule is COC(=O)C(C)Oc1ccc(CN)c(F)c1. The lowest BCUT2D eigenvalue weighted by molar-refractivity contribution is -0.147. The van der Waals surface area contributed by atoms with Gasteiger partial charge in [-0.05, 0) is 13.0 Å². The Labute approximate surface area is 93.2 Å². The van der Waals surface area contributed by atoms with Crippen LogP contribution in [0.5, 0.6) is 5.75 Å². The molecule has 0 bridgehead atoms. The number of esters is 1. The Hall–Kier alpha value is -1.62. The summed E-state index contributed by atoms with van der Waals surface area (Å²) in [5, 5.41) is 0. The maximum atomic E-state index is 13.3. The van der Waals surface area contributed by atoms with E-state index in [0.29, 0.717) is 5.56 Å². The molecule has 1 aromatic rings. The van der Waals surface area contributed by atoms with Gasteiger partial charge in [0.2, 0.25) is 0 Å². The van der Waals surface area contributed by atoms with Gasteiger partial charge in [-0.2, -0.15) is 0 Å². The highest BCUT2D eigenvalue weighted by atomic mass is 19.1. The predicted octanol–water partition coefficient (Wildman–Crippen LogP) is 1.22. The van der Waals surface area contributed by atoms with E-state index in [4.69, 9.17) is 10.5 Å². The van der Waals surface area contributed by atoms with Gasteiger partial charge in [0.05, 0.1) is 7.11 Å². The summed E-state index contributed by atoms with van der Waals surface area (Å²) >= 11 is 0. The van der Waals surface area contributed by atoms with E-state index in [2.05, 4.69) is 4.74 Å². The van der Waals surface area contributed by atoms with Crippen molar-refractivity contribution < 1.29 is 18.7 Å². The van der Waals surface area contributed by atoms with E-state index >= 15 is 0 Å². The first kappa shape index (κ1) is 12.4. The van der Waals surface area contributed by atoms with Gasteiger partial charge in [0.1, 0.15) is 11.6 Å². The van der Waals surface area contributed by atoms with Crippen molar-refractivity contribution in [1.29, 1.82) is 0 Å². The number of benzene rings is 1. The Morgan fingerprint density at radius 2 is 2.25 bits per heavy atom. The van der Waals surface area contributed by atoms with Crippen molar-refractivity contribution in [3.05, 3.63) is 29.6 Å². The van der Waals surface area contributed by atoms with Crippen LogP contribution in [0.2, 0.25) is 0 Å². The fourth-order valence-electron chi connectivity index (χ4n) is 1.19. The molecule has 0 aliphatic heterocycles. The van der Waals surface area contributed by atoms with Gasteiger partial charge < -0.3 is 15.2 Å². The summed E-state index contributed by atoms with van der Waals surface area (Å²) in [6.07, 6.45) is -0.770. The molecule has 2 N–H and O–H groups in total. The van der Waals surface area contributed by atoms with Crippen LogP contribution in [0.15, 0.2) is 18.2 Å². The number of halogens is 1. The largest absolute Gasteiger partial charge is 0.479 e. The summed E-state index contributed by atoms with van der Waals surface area (Å²) in [4.78, 5) is 11.1. The highest BCUT2D eigenvalue weighted by Gasteiger charge is 2.15. The minimum Gasteiger partial charge on any atom is -0.479 e. The summed E-state index contributed by atoms with van der Waals surface area (Å²) < 4.78 is 23.0. The zero-order valence-corrected chi connectivity index (χ0v) is 9.20. The molecule has 1 rings (SSSR count). The van der Waals surface area contributed by atoms with Gasteiger partial charge in [-0.3, -0.25) is 0 Å². The molecule has 0 radical (unpaired) electrons. The highest BCUT2D eigenvalue weighted by Crippen LogP contribution is 2.17. The fourth-order valence-corrected chi connectivity index (χ4v) is 1.19. The first-order valence-corrected chi connectivity index (χ1v) is 4.81. The Morgan fingerprint density at radius 3 is 2.75 bits per heavy atom. The normalized spacial score (nSPS) is 12.0. The minimum absolute atomic E-state index is 0.124. The molecule has 0 aliphatic rings. The summed E-state index contributed by atoms with van der Waals surface area (Å²) in [5.41, 5.74) is 5.72. The van der Waals surface area contributed by atoms with Gasteiger partial charge in [0, 0.05) is 18.2 Å². The van der Waals surface area contributed by atoms with Gasteiger partial charge in [0.15, 0.2) is 6.10 Å². The van der Waals surface area contributed by atoms with Crippen molar-refractivity contribution in [1.82, 2.24) is 0 Å². The monoisotopic (exact) mass is 227 g/mol. The summed E-state index contributed by atoms with van der Waals surface area (Å²) in [7, 11) is 1.26. The van der Waals surface area contributed by atoms with E-state index in [1.807, 2.05) is 0 Å². The summed E-state index contributed by atoms with van der Waals surface area (Å²) in [6.45, 7) is 1.65. The second-order valence-corrected chi connectivity index (χ2v) is 3.24. The molecule has 0 heterocycles. The minimum atomic E-state index is -0.770. The zero-order chi connectivity index (χ0) is 12.1. The quantitative estimate of drug-likeness (QED) is 0.786. The van der Waals surface area contributed by atoms with Crippen LogP contribution >= 0.6 is 0 Å². The fraction of sp³-hybridized carbons (Fsp3) is 0.364. The number of nitrogens with two attached hydrogens (primary N) is 1.